The van der Waals surface area contributed by atoms with E-state index in [0.29, 0.717) is 10.1 Å². The fourth-order valence-corrected chi connectivity index (χ4v) is 2.24. The van der Waals surface area contributed by atoms with Gasteiger partial charge < -0.3 is 5.73 Å². The van der Waals surface area contributed by atoms with Crippen molar-refractivity contribution in [3.63, 3.8) is 0 Å². The van der Waals surface area contributed by atoms with E-state index in [4.69, 9.17) is 5.73 Å². The number of rotatable bonds is 1. The molecule has 0 aliphatic heterocycles. The number of nitrogens with two attached hydrogens (primary N) is 1. The van der Waals surface area contributed by atoms with Gasteiger partial charge in [0.15, 0.2) is 0 Å². The number of hydrogen-bond donors (Lipinski definition) is 1. The van der Waals surface area contributed by atoms with Gasteiger partial charge in [0, 0.05) is 4.70 Å². The van der Waals surface area contributed by atoms with Crippen molar-refractivity contribution in [1.82, 2.24) is 0 Å². The van der Waals surface area contributed by atoms with E-state index in [1.807, 2.05) is 0 Å². The van der Waals surface area contributed by atoms with Gasteiger partial charge in [-0.15, -0.1) is 11.3 Å². The molecule has 0 unspecified atom stereocenters. The second-order valence-corrected chi connectivity index (χ2v) is 4.31. The first-order chi connectivity index (χ1) is 7.38. The summed E-state index contributed by atoms with van der Waals surface area (Å²) in [5.41, 5.74) is 4.32. The van der Waals surface area contributed by atoms with E-state index in [1.165, 1.54) is 12.1 Å². The Morgan fingerprint density at radius 3 is 2.50 bits per heavy atom. The van der Waals surface area contributed by atoms with E-state index in [-0.39, 0.29) is 4.88 Å². The molecule has 6 heteroatoms. The smallest absolute Gasteiger partial charge is 0.365 e. The maximum atomic E-state index is 12.4. The first-order valence-electron chi connectivity index (χ1n) is 4.28. The molecular weight excluding hydrogens is 239 g/mol. The van der Waals surface area contributed by atoms with Crippen molar-refractivity contribution in [2.75, 3.05) is 0 Å². The minimum absolute atomic E-state index is 0.259. The predicted octanol–water partition coefficient (Wildman–Crippen LogP) is 3.02. The molecule has 0 saturated heterocycles. The number of benzene rings is 1. The van der Waals surface area contributed by atoms with Gasteiger partial charge in [-0.2, -0.15) is 13.2 Å². The van der Waals surface area contributed by atoms with Crippen LogP contribution >= 0.6 is 11.3 Å². The van der Waals surface area contributed by atoms with Crippen LogP contribution in [0.2, 0.25) is 0 Å². The highest BCUT2D eigenvalue weighted by molar-refractivity contribution is 7.20. The van der Waals surface area contributed by atoms with Gasteiger partial charge in [-0.05, 0) is 29.7 Å². The zero-order valence-corrected chi connectivity index (χ0v) is 8.65. The number of fused-ring (bicyclic) bond motifs is 1. The van der Waals surface area contributed by atoms with Crippen molar-refractivity contribution in [3.8, 4) is 0 Å². The minimum Gasteiger partial charge on any atom is -0.365 e. The molecule has 2 N–H and O–H groups in total. The summed E-state index contributed by atoms with van der Waals surface area (Å²) >= 11 is 1.08. The molecule has 2 nitrogen and oxygen atoms in total. The highest BCUT2D eigenvalue weighted by Crippen LogP contribution is 2.33. The van der Waals surface area contributed by atoms with Crippen LogP contribution in [-0.4, -0.2) is 5.91 Å². The van der Waals surface area contributed by atoms with E-state index in [0.717, 1.165) is 23.5 Å². The number of carbonyl (C=O) groups excluding carboxylic acids is 1. The first kappa shape index (κ1) is 10.9. The first-order valence-corrected chi connectivity index (χ1v) is 5.10. The van der Waals surface area contributed by atoms with Crippen molar-refractivity contribution < 1.29 is 18.0 Å². The van der Waals surface area contributed by atoms with E-state index >= 15 is 0 Å². The van der Waals surface area contributed by atoms with Gasteiger partial charge in [-0.1, -0.05) is 0 Å². The summed E-state index contributed by atoms with van der Waals surface area (Å²) in [6.45, 7) is 0. The summed E-state index contributed by atoms with van der Waals surface area (Å²) in [5.74, 6) is -0.630. The zero-order valence-electron chi connectivity index (χ0n) is 7.84. The van der Waals surface area contributed by atoms with Crippen LogP contribution in [0, 0.1) is 0 Å². The average molecular weight is 245 g/mol. The van der Waals surface area contributed by atoms with Crippen LogP contribution in [0.15, 0.2) is 24.3 Å². The fourth-order valence-electron chi connectivity index (χ4n) is 1.34. The maximum Gasteiger partial charge on any atom is 0.416 e. The predicted molar refractivity (Wildman–Crippen MR) is 55.3 cm³/mol. The molecule has 2 rings (SSSR count). The quantitative estimate of drug-likeness (QED) is 0.824. The lowest BCUT2D eigenvalue weighted by Crippen LogP contribution is -2.08. The van der Waals surface area contributed by atoms with Crippen molar-refractivity contribution >= 4 is 27.3 Å². The third-order valence-electron chi connectivity index (χ3n) is 2.09. The summed E-state index contributed by atoms with van der Waals surface area (Å²) in [6, 6.07) is 4.72. The Labute approximate surface area is 92.5 Å². The van der Waals surface area contributed by atoms with Crippen LogP contribution in [0.25, 0.3) is 10.1 Å². The van der Waals surface area contributed by atoms with Crippen molar-refractivity contribution in [2.45, 2.75) is 6.18 Å². The molecule has 0 atom stereocenters. The fraction of sp³-hybridized carbons (Fsp3) is 0.100. The van der Waals surface area contributed by atoms with Crippen LogP contribution in [0.1, 0.15) is 15.2 Å². The molecule has 0 radical (unpaired) electrons. The molecule has 1 heterocycles. The van der Waals surface area contributed by atoms with Gasteiger partial charge in [0.2, 0.25) is 0 Å². The Hall–Kier alpha value is -1.56. The summed E-state index contributed by atoms with van der Waals surface area (Å²) in [7, 11) is 0. The van der Waals surface area contributed by atoms with Gasteiger partial charge in [-0.3, -0.25) is 4.79 Å². The SMILES string of the molecule is NC(=O)c1cc2cc(C(F)(F)F)ccc2s1. The van der Waals surface area contributed by atoms with Gasteiger partial charge in [0.1, 0.15) is 0 Å². The Bertz CT molecular complexity index is 559. The molecule has 84 valence electrons. The van der Waals surface area contributed by atoms with Crippen LogP contribution in [0.3, 0.4) is 0 Å². The molecule has 0 aliphatic rings. The third-order valence-corrected chi connectivity index (χ3v) is 3.22. The van der Waals surface area contributed by atoms with Crippen LogP contribution in [0.5, 0.6) is 0 Å². The molecule has 1 aromatic heterocycles. The topological polar surface area (TPSA) is 43.1 Å². The maximum absolute atomic E-state index is 12.4. The minimum atomic E-state index is -4.37. The lowest BCUT2D eigenvalue weighted by Gasteiger charge is -2.05. The number of hydrogen-bond acceptors (Lipinski definition) is 2. The second kappa shape index (κ2) is 3.48. The molecule has 0 aliphatic carbocycles. The molecule has 0 bridgehead atoms. The summed E-state index contributed by atoms with van der Waals surface area (Å²) in [4.78, 5) is 11.1. The molecule has 0 saturated carbocycles. The number of amides is 1. The summed E-state index contributed by atoms with van der Waals surface area (Å²) in [5, 5.41) is 0.383. The number of primary amides is 1. The monoisotopic (exact) mass is 245 g/mol. The largest absolute Gasteiger partial charge is 0.416 e. The van der Waals surface area contributed by atoms with Crippen molar-refractivity contribution in [1.29, 1.82) is 0 Å². The third kappa shape index (κ3) is 1.88. The Morgan fingerprint density at radius 2 is 1.94 bits per heavy atom. The average Bonchev–Trinajstić information content (AvgIpc) is 2.58. The van der Waals surface area contributed by atoms with E-state index in [1.54, 1.807) is 0 Å². The lowest BCUT2D eigenvalue weighted by molar-refractivity contribution is -0.137. The summed E-state index contributed by atoms with van der Waals surface area (Å²) < 4.78 is 37.8. The molecular formula is C10H6F3NOS. The molecule has 2 aromatic rings. The van der Waals surface area contributed by atoms with Crippen molar-refractivity contribution in [3.05, 3.63) is 34.7 Å². The van der Waals surface area contributed by atoms with Gasteiger partial charge in [0.05, 0.1) is 10.4 Å². The highest BCUT2D eigenvalue weighted by atomic mass is 32.1. The van der Waals surface area contributed by atoms with Crippen LogP contribution in [-0.2, 0) is 6.18 Å². The Kier molecular flexibility index (Phi) is 2.38. The number of thiophene rings is 1. The van der Waals surface area contributed by atoms with E-state index < -0.39 is 17.6 Å². The normalized spacial score (nSPS) is 11.9. The molecule has 16 heavy (non-hydrogen) atoms. The molecule has 1 amide bonds. The standard InChI is InChI=1S/C10H6F3NOS/c11-10(12,13)6-1-2-7-5(3-6)4-8(16-7)9(14)15/h1-4H,(H2,14,15). The van der Waals surface area contributed by atoms with Gasteiger partial charge in [-0.25, -0.2) is 0 Å². The summed E-state index contributed by atoms with van der Waals surface area (Å²) in [6.07, 6.45) is -4.37. The Morgan fingerprint density at radius 1 is 1.25 bits per heavy atom. The zero-order chi connectivity index (χ0) is 11.9. The second-order valence-electron chi connectivity index (χ2n) is 3.23. The van der Waals surface area contributed by atoms with Crippen LogP contribution in [0.4, 0.5) is 13.2 Å². The number of alkyl halides is 3. The van der Waals surface area contributed by atoms with Crippen LogP contribution < -0.4 is 5.73 Å². The molecule has 1 aromatic carbocycles. The highest BCUT2D eigenvalue weighted by Gasteiger charge is 2.30. The molecule has 0 spiro atoms. The Balaban J connectivity index is 2.58. The number of carbonyl (C=O) groups is 1. The van der Waals surface area contributed by atoms with E-state index in [2.05, 4.69) is 0 Å². The van der Waals surface area contributed by atoms with Crippen molar-refractivity contribution in [2.24, 2.45) is 5.73 Å². The molecule has 0 fully saturated rings. The lowest BCUT2D eigenvalue weighted by atomic mass is 10.1. The van der Waals surface area contributed by atoms with Gasteiger partial charge in [0.25, 0.3) is 5.91 Å². The van der Waals surface area contributed by atoms with Gasteiger partial charge >= 0.3 is 6.18 Å². The number of halogens is 3. The van der Waals surface area contributed by atoms with E-state index in [9.17, 15) is 18.0 Å².